The van der Waals surface area contributed by atoms with Gasteiger partial charge in [0.1, 0.15) is 0 Å². The van der Waals surface area contributed by atoms with Crippen LogP contribution < -0.4 is 0 Å². The summed E-state index contributed by atoms with van der Waals surface area (Å²) in [5.41, 5.74) is 8.72. The number of aryl methyl sites for hydroxylation is 4. The maximum Gasteiger partial charge on any atom is 0.191 e. The fourth-order valence-electron chi connectivity index (χ4n) is 6.15. The molecule has 48 heavy (non-hydrogen) atoms. The van der Waals surface area contributed by atoms with Gasteiger partial charge in [0.2, 0.25) is 0 Å². The zero-order valence-corrected chi connectivity index (χ0v) is 26.2. The molecule has 234 valence electrons. The van der Waals surface area contributed by atoms with Crippen LogP contribution in [0.4, 0.5) is 0 Å². The highest BCUT2D eigenvalue weighted by atomic mass is 16.4. The molecule has 0 atom stereocenters. The van der Waals surface area contributed by atoms with Crippen LogP contribution in [0.2, 0.25) is 0 Å². The fourth-order valence-corrected chi connectivity index (χ4v) is 6.15. The van der Waals surface area contributed by atoms with Gasteiger partial charge in [-0.3, -0.25) is 0 Å². The molecule has 9 rings (SSSR count). The first-order valence-corrected chi connectivity index (χ1v) is 15.3. The summed E-state index contributed by atoms with van der Waals surface area (Å²) in [4.78, 5) is 35.0. The number of hydrogen-bond donors (Lipinski definition) is 2. The summed E-state index contributed by atoms with van der Waals surface area (Å²) >= 11 is 0. The smallest absolute Gasteiger partial charge is 0.191 e. The van der Waals surface area contributed by atoms with Gasteiger partial charge >= 0.3 is 0 Å². The van der Waals surface area contributed by atoms with Gasteiger partial charge in [0.25, 0.3) is 0 Å². The van der Waals surface area contributed by atoms with Gasteiger partial charge in [0.05, 0.1) is 91.9 Å². The van der Waals surface area contributed by atoms with Crippen LogP contribution in [0.5, 0.6) is 0 Å². The Morgan fingerprint density at radius 1 is 0.396 bits per heavy atom. The number of oxazole rings is 4. The van der Waals surface area contributed by atoms with Crippen molar-refractivity contribution in [1.29, 1.82) is 0 Å². The average molecular weight is 635 g/mol. The number of H-pyrrole nitrogens is 2. The minimum absolute atomic E-state index is 0.540. The van der Waals surface area contributed by atoms with E-state index in [0.29, 0.717) is 69.4 Å². The van der Waals surface area contributed by atoms with Crippen molar-refractivity contribution in [3.05, 3.63) is 95.4 Å². The first kappa shape index (κ1) is 27.7. The van der Waals surface area contributed by atoms with Crippen LogP contribution in [0.15, 0.2) is 66.7 Å². The molecule has 2 aliphatic rings. The van der Waals surface area contributed by atoms with E-state index < -0.39 is 0 Å². The lowest BCUT2D eigenvalue weighted by Crippen LogP contribution is -1.88. The molecule has 0 fully saturated rings. The number of hydrogen-bond acceptors (Lipinski definition) is 10. The summed E-state index contributed by atoms with van der Waals surface area (Å²) in [6, 6.07) is 7.94. The number of rotatable bonds is 4. The largest absolute Gasteiger partial charge is 0.441 e. The van der Waals surface area contributed by atoms with Gasteiger partial charge in [-0.15, -0.1) is 0 Å². The highest BCUT2D eigenvalue weighted by Gasteiger charge is 2.22. The van der Waals surface area contributed by atoms with Crippen molar-refractivity contribution in [3.8, 4) is 45.3 Å². The molecule has 9 heterocycles. The summed E-state index contributed by atoms with van der Waals surface area (Å²) in [6.45, 7) is 7.25. The normalized spacial score (nSPS) is 12.4. The van der Waals surface area contributed by atoms with E-state index in [-0.39, 0.29) is 0 Å². The van der Waals surface area contributed by atoms with E-state index in [1.807, 2.05) is 76.3 Å². The Balaban J connectivity index is 1.48. The van der Waals surface area contributed by atoms with Crippen LogP contribution in [-0.2, 0) is 0 Å². The Labute approximate surface area is 272 Å². The zero-order valence-electron chi connectivity index (χ0n) is 26.2. The molecule has 0 aliphatic carbocycles. The van der Waals surface area contributed by atoms with Crippen LogP contribution in [-0.4, -0.2) is 39.9 Å². The predicted molar refractivity (Wildman–Crippen MR) is 180 cm³/mol. The molecule has 0 aromatic carbocycles. The Kier molecular flexibility index (Phi) is 6.06. The lowest BCUT2D eigenvalue weighted by molar-refractivity contribution is 0.534. The van der Waals surface area contributed by atoms with Crippen LogP contribution in [0.1, 0.15) is 46.3 Å². The molecule has 0 saturated carbocycles. The molecule has 12 nitrogen and oxygen atoms in total. The van der Waals surface area contributed by atoms with Gasteiger partial charge in [-0.1, -0.05) is 0 Å². The van der Waals surface area contributed by atoms with Gasteiger partial charge in [0, 0.05) is 27.7 Å². The van der Waals surface area contributed by atoms with E-state index in [9.17, 15) is 0 Å². The van der Waals surface area contributed by atoms with E-state index in [0.717, 1.165) is 44.3 Å². The van der Waals surface area contributed by atoms with Crippen molar-refractivity contribution in [3.63, 3.8) is 0 Å². The van der Waals surface area contributed by atoms with Crippen LogP contribution in [0.3, 0.4) is 0 Å². The fraction of sp³-hybridized carbons (Fsp3) is 0.111. The quantitative estimate of drug-likeness (QED) is 0.192. The van der Waals surface area contributed by atoms with Crippen molar-refractivity contribution in [2.45, 2.75) is 27.7 Å². The number of nitrogens with one attached hydrogen (secondary N) is 2. The standard InChI is InChI=1S/C36H26N8O4/c1-17-37-13-29(45-17)33-21-5-7-23(41-21)34(30-14-38-18(2)46-30)25-9-11-27(43-25)36(32-16-40-20(4)48-32)28-12-10-26(44-28)35(24-8-6-22(33)42-24)31-15-39-19(3)47-31/h5-16,41,44H,1-4H3. The molecule has 7 aromatic rings. The van der Waals surface area contributed by atoms with E-state index in [1.165, 1.54) is 0 Å². The minimum atomic E-state index is 0.540. The van der Waals surface area contributed by atoms with Crippen molar-refractivity contribution in [2.24, 2.45) is 0 Å². The van der Waals surface area contributed by atoms with Gasteiger partial charge < -0.3 is 27.6 Å². The molecule has 0 unspecified atom stereocenters. The van der Waals surface area contributed by atoms with Crippen molar-refractivity contribution in [1.82, 2.24) is 39.9 Å². The molecular formula is C36H26N8O4. The second-order valence-electron chi connectivity index (χ2n) is 11.5. The molecule has 7 aromatic heterocycles. The molecule has 12 heteroatoms. The lowest BCUT2D eigenvalue weighted by atomic mass is 10.1. The van der Waals surface area contributed by atoms with Gasteiger partial charge in [-0.05, 0) is 48.6 Å². The second kappa shape index (κ2) is 10.5. The summed E-state index contributed by atoms with van der Waals surface area (Å²) < 4.78 is 24.3. The Bertz CT molecular complexity index is 2290. The Morgan fingerprint density at radius 2 is 0.646 bits per heavy atom. The maximum atomic E-state index is 6.08. The highest BCUT2D eigenvalue weighted by molar-refractivity contribution is 5.97. The molecule has 2 aliphatic heterocycles. The number of aromatic amines is 2. The van der Waals surface area contributed by atoms with E-state index in [2.05, 4.69) is 29.9 Å². The number of aromatic nitrogens is 8. The molecule has 0 radical (unpaired) electrons. The lowest BCUT2D eigenvalue weighted by Gasteiger charge is -2.02. The van der Waals surface area contributed by atoms with E-state index >= 15 is 0 Å². The van der Waals surface area contributed by atoms with Gasteiger partial charge in [-0.25, -0.2) is 29.9 Å². The first-order valence-electron chi connectivity index (χ1n) is 15.3. The van der Waals surface area contributed by atoms with Gasteiger partial charge in [-0.2, -0.15) is 0 Å². The number of fused-ring (bicyclic) bond motifs is 8. The summed E-state index contributed by atoms with van der Waals surface area (Å²) in [5, 5.41) is 0. The Morgan fingerprint density at radius 3 is 0.854 bits per heavy atom. The van der Waals surface area contributed by atoms with Crippen LogP contribution >= 0.6 is 0 Å². The third-order valence-corrected chi connectivity index (χ3v) is 8.22. The van der Waals surface area contributed by atoms with Crippen molar-refractivity contribution < 1.29 is 17.7 Å². The third kappa shape index (κ3) is 4.53. The molecule has 0 spiro atoms. The van der Waals surface area contributed by atoms with Gasteiger partial charge in [0.15, 0.2) is 46.6 Å². The second-order valence-corrected chi connectivity index (χ2v) is 11.5. The molecule has 2 N–H and O–H groups in total. The molecule has 0 amide bonds. The maximum absolute atomic E-state index is 6.08. The van der Waals surface area contributed by atoms with E-state index in [4.69, 9.17) is 27.6 Å². The minimum Gasteiger partial charge on any atom is -0.441 e. The average Bonchev–Trinajstić information content (AvgIpc) is 3.89. The topological polar surface area (TPSA) is 161 Å². The summed E-state index contributed by atoms with van der Waals surface area (Å²) in [6.07, 6.45) is 14.6. The van der Waals surface area contributed by atoms with Crippen molar-refractivity contribution in [2.75, 3.05) is 0 Å². The molecule has 0 saturated heterocycles. The molecule has 8 bridgehead atoms. The molecular weight excluding hydrogens is 608 g/mol. The van der Waals surface area contributed by atoms with E-state index in [1.54, 1.807) is 24.8 Å². The SMILES string of the molecule is Cc1ncc(-c2c3nc(c(-c4cnc(C)o4)c4ccc([nH]4)c(-c4cnc(C)o4)c4nc(c(-c5cnc(C)o5)c5ccc2[nH]5)C=C4)C=C3)o1. The monoisotopic (exact) mass is 634 g/mol. The Hall–Kier alpha value is -6.56. The van der Waals surface area contributed by atoms with Crippen LogP contribution in [0, 0.1) is 27.7 Å². The predicted octanol–water partition coefficient (Wildman–Crippen LogP) is 8.51. The van der Waals surface area contributed by atoms with Crippen molar-refractivity contribution >= 4 is 46.4 Å². The number of nitrogens with zero attached hydrogens (tertiary/aromatic N) is 6. The first-order chi connectivity index (χ1) is 23.4. The highest BCUT2D eigenvalue weighted by Crippen LogP contribution is 2.38. The van der Waals surface area contributed by atoms with Crippen LogP contribution in [0.25, 0.3) is 91.7 Å². The zero-order chi connectivity index (χ0) is 32.5. The summed E-state index contributed by atoms with van der Waals surface area (Å²) in [5.74, 6) is 4.43. The third-order valence-electron chi connectivity index (χ3n) is 8.22. The summed E-state index contributed by atoms with van der Waals surface area (Å²) in [7, 11) is 0.